The number of piperidine rings is 1. The van der Waals surface area contributed by atoms with Crippen LogP contribution in [0.2, 0.25) is 0 Å². The van der Waals surface area contributed by atoms with Gasteiger partial charge in [0.15, 0.2) is 0 Å². The van der Waals surface area contributed by atoms with Gasteiger partial charge in [0, 0.05) is 24.5 Å². The van der Waals surface area contributed by atoms with Gasteiger partial charge in [-0.25, -0.2) is 0 Å². The van der Waals surface area contributed by atoms with Crippen molar-refractivity contribution < 1.29 is 4.92 Å². The molecule has 0 aromatic heterocycles. The van der Waals surface area contributed by atoms with E-state index < -0.39 is 0 Å². The topological polar surface area (TPSA) is 46.4 Å². The van der Waals surface area contributed by atoms with Gasteiger partial charge in [0.25, 0.3) is 5.69 Å². The van der Waals surface area contributed by atoms with Crippen LogP contribution in [0, 0.1) is 10.1 Å². The molecule has 0 N–H and O–H groups in total. The normalized spacial score (nSPS) is 15.9. The molecule has 17 heavy (non-hydrogen) atoms. The van der Waals surface area contributed by atoms with Gasteiger partial charge in [0.2, 0.25) is 0 Å². The number of nitro groups is 1. The molecule has 1 heterocycles. The standard InChI is InChI=1S/C12H15BrN2O2/c13-9-10-4-5-11(12(8-10)15(16)17)14-6-2-1-3-7-14/h4-5,8H,1-3,6-7,9H2. The van der Waals surface area contributed by atoms with E-state index in [1.165, 1.54) is 6.42 Å². The van der Waals surface area contributed by atoms with E-state index in [9.17, 15) is 10.1 Å². The van der Waals surface area contributed by atoms with Crippen LogP contribution in [0.25, 0.3) is 0 Å². The molecule has 1 aromatic carbocycles. The van der Waals surface area contributed by atoms with Gasteiger partial charge in [-0.2, -0.15) is 0 Å². The Morgan fingerprint density at radius 2 is 2.00 bits per heavy atom. The molecule has 2 rings (SSSR count). The van der Waals surface area contributed by atoms with Gasteiger partial charge in [-0.3, -0.25) is 10.1 Å². The summed E-state index contributed by atoms with van der Waals surface area (Å²) in [5.74, 6) is 0. The smallest absolute Gasteiger partial charge is 0.292 e. The van der Waals surface area contributed by atoms with Crippen LogP contribution < -0.4 is 4.90 Å². The van der Waals surface area contributed by atoms with E-state index in [1.54, 1.807) is 6.07 Å². The summed E-state index contributed by atoms with van der Waals surface area (Å²) >= 11 is 3.33. The fourth-order valence-electron chi connectivity index (χ4n) is 2.20. The lowest BCUT2D eigenvalue weighted by molar-refractivity contribution is -0.384. The maximum Gasteiger partial charge on any atom is 0.292 e. The van der Waals surface area contributed by atoms with Crippen LogP contribution in [0.5, 0.6) is 0 Å². The van der Waals surface area contributed by atoms with Crippen LogP contribution in [0.4, 0.5) is 11.4 Å². The summed E-state index contributed by atoms with van der Waals surface area (Å²) < 4.78 is 0. The van der Waals surface area contributed by atoms with Crippen LogP contribution in [0.15, 0.2) is 18.2 Å². The van der Waals surface area contributed by atoms with E-state index in [1.807, 2.05) is 12.1 Å². The van der Waals surface area contributed by atoms with Crippen molar-refractivity contribution in [2.45, 2.75) is 24.6 Å². The summed E-state index contributed by atoms with van der Waals surface area (Å²) in [5, 5.41) is 11.7. The average Bonchev–Trinajstić information content (AvgIpc) is 2.39. The molecule has 0 unspecified atom stereocenters. The summed E-state index contributed by atoms with van der Waals surface area (Å²) in [4.78, 5) is 12.9. The van der Waals surface area contributed by atoms with Crippen LogP contribution in [0.1, 0.15) is 24.8 Å². The molecule has 1 saturated heterocycles. The number of nitrogens with zero attached hydrogens (tertiary/aromatic N) is 2. The van der Waals surface area contributed by atoms with Gasteiger partial charge in [-0.05, 0) is 30.9 Å². The Hall–Kier alpha value is -1.10. The van der Waals surface area contributed by atoms with Crippen LogP contribution in [-0.2, 0) is 5.33 Å². The van der Waals surface area contributed by atoms with Crippen molar-refractivity contribution in [2.24, 2.45) is 0 Å². The van der Waals surface area contributed by atoms with E-state index in [4.69, 9.17) is 0 Å². The highest BCUT2D eigenvalue weighted by Gasteiger charge is 2.21. The molecule has 0 saturated carbocycles. The summed E-state index contributed by atoms with van der Waals surface area (Å²) in [6.07, 6.45) is 3.47. The summed E-state index contributed by atoms with van der Waals surface area (Å²) in [7, 11) is 0. The predicted molar refractivity (Wildman–Crippen MR) is 71.8 cm³/mol. The lowest BCUT2D eigenvalue weighted by atomic mass is 10.1. The van der Waals surface area contributed by atoms with Gasteiger partial charge in [-0.1, -0.05) is 22.0 Å². The highest BCUT2D eigenvalue weighted by molar-refractivity contribution is 9.08. The maximum atomic E-state index is 11.1. The molecule has 1 aliphatic heterocycles. The number of anilines is 1. The maximum absolute atomic E-state index is 11.1. The second-order valence-electron chi connectivity index (χ2n) is 4.26. The summed E-state index contributed by atoms with van der Waals surface area (Å²) in [6.45, 7) is 1.85. The Labute approximate surface area is 109 Å². The molecule has 0 radical (unpaired) electrons. The van der Waals surface area contributed by atoms with Crippen LogP contribution in [0.3, 0.4) is 0 Å². The summed E-state index contributed by atoms with van der Waals surface area (Å²) in [6, 6.07) is 5.49. The molecule has 1 aromatic rings. The minimum atomic E-state index is -0.282. The van der Waals surface area contributed by atoms with Crippen LogP contribution in [-0.4, -0.2) is 18.0 Å². The molecule has 1 aliphatic rings. The number of hydrogen-bond acceptors (Lipinski definition) is 3. The molecule has 5 heteroatoms. The van der Waals surface area contributed by atoms with Gasteiger partial charge >= 0.3 is 0 Å². The van der Waals surface area contributed by atoms with Crippen LogP contribution >= 0.6 is 15.9 Å². The lowest BCUT2D eigenvalue weighted by Crippen LogP contribution is -2.29. The molecule has 4 nitrogen and oxygen atoms in total. The quantitative estimate of drug-likeness (QED) is 0.487. The van der Waals surface area contributed by atoms with Crippen molar-refractivity contribution in [3.05, 3.63) is 33.9 Å². The Morgan fingerprint density at radius 1 is 1.29 bits per heavy atom. The van der Waals surface area contributed by atoms with Gasteiger partial charge in [-0.15, -0.1) is 0 Å². The van der Waals surface area contributed by atoms with Crippen molar-refractivity contribution in [2.75, 3.05) is 18.0 Å². The summed E-state index contributed by atoms with van der Waals surface area (Å²) in [5.41, 5.74) is 1.93. The minimum Gasteiger partial charge on any atom is -0.366 e. The predicted octanol–water partition coefficient (Wildman–Crippen LogP) is 3.48. The van der Waals surface area contributed by atoms with Crippen molar-refractivity contribution >= 4 is 27.3 Å². The van der Waals surface area contributed by atoms with Crippen molar-refractivity contribution in [1.29, 1.82) is 0 Å². The molecule has 1 fully saturated rings. The van der Waals surface area contributed by atoms with Crippen molar-refractivity contribution in [3.8, 4) is 0 Å². The fourth-order valence-corrected chi connectivity index (χ4v) is 2.55. The number of rotatable bonds is 3. The van der Waals surface area contributed by atoms with Gasteiger partial charge in [0.1, 0.15) is 5.69 Å². The average molecular weight is 299 g/mol. The largest absolute Gasteiger partial charge is 0.366 e. The highest BCUT2D eigenvalue weighted by atomic mass is 79.9. The third-order valence-electron chi connectivity index (χ3n) is 3.09. The lowest BCUT2D eigenvalue weighted by Gasteiger charge is -2.28. The second kappa shape index (κ2) is 5.49. The number of nitro benzene ring substituents is 1. The third kappa shape index (κ3) is 2.77. The highest BCUT2D eigenvalue weighted by Crippen LogP contribution is 2.31. The molecule has 0 atom stereocenters. The zero-order chi connectivity index (χ0) is 12.3. The first-order chi connectivity index (χ1) is 8.22. The first kappa shape index (κ1) is 12.4. The fraction of sp³-hybridized carbons (Fsp3) is 0.500. The first-order valence-corrected chi connectivity index (χ1v) is 6.93. The molecule has 0 spiro atoms. The van der Waals surface area contributed by atoms with E-state index in [-0.39, 0.29) is 10.6 Å². The zero-order valence-electron chi connectivity index (χ0n) is 9.56. The monoisotopic (exact) mass is 298 g/mol. The van der Waals surface area contributed by atoms with E-state index in [0.29, 0.717) is 5.33 Å². The Morgan fingerprint density at radius 3 is 2.59 bits per heavy atom. The van der Waals surface area contributed by atoms with Gasteiger partial charge < -0.3 is 4.90 Å². The van der Waals surface area contributed by atoms with Crippen molar-refractivity contribution in [1.82, 2.24) is 0 Å². The zero-order valence-corrected chi connectivity index (χ0v) is 11.1. The molecular weight excluding hydrogens is 284 g/mol. The number of halogens is 1. The van der Waals surface area contributed by atoms with E-state index in [2.05, 4.69) is 20.8 Å². The number of benzene rings is 1. The number of alkyl halides is 1. The molecule has 0 bridgehead atoms. The van der Waals surface area contributed by atoms with E-state index >= 15 is 0 Å². The SMILES string of the molecule is O=[N+]([O-])c1cc(CBr)ccc1N1CCCCC1. The first-order valence-electron chi connectivity index (χ1n) is 5.80. The molecular formula is C12H15BrN2O2. The Kier molecular flexibility index (Phi) is 3.99. The second-order valence-corrected chi connectivity index (χ2v) is 4.82. The Bertz CT molecular complexity index is 417. The third-order valence-corrected chi connectivity index (χ3v) is 3.74. The minimum absolute atomic E-state index is 0.226. The van der Waals surface area contributed by atoms with Crippen molar-refractivity contribution in [3.63, 3.8) is 0 Å². The molecule has 92 valence electrons. The molecule has 0 aliphatic carbocycles. The Balaban J connectivity index is 2.34. The molecule has 0 amide bonds. The number of hydrogen-bond donors (Lipinski definition) is 0. The van der Waals surface area contributed by atoms with Gasteiger partial charge in [0.05, 0.1) is 4.92 Å². The van der Waals surface area contributed by atoms with E-state index in [0.717, 1.165) is 37.2 Å².